The number of carbonyl (C=O) groups is 1. The van der Waals surface area contributed by atoms with Crippen molar-refractivity contribution in [1.29, 1.82) is 0 Å². The van der Waals surface area contributed by atoms with Gasteiger partial charge in [-0.15, -0.1) is 0 Å². The van der Waals surface area contributed by atoms with E-state index >= 15 is 0 Å². The lowest BCUT2D eigenvalue weighted by molar-refractivity contribution is -0.172. The number of hydrogen-bond acceptors (Lipinski definition) is 3. The van der Waals surface area contributed by atoms with E-state index in [1.165, 1.54) is 19.3 Å². The summed E-state index contributed by atoms with van der Waals surface area (Å²) in [5.74, 6) is 0.494. The molecule has 2 aromatic rings. The largest absolute Gasteiger partial charge is 0.395 e. The molecule has 1 aromatic carbocycles. The van der Waals surface area contributed by atoms with Gasteiger partial charge in [0, 0.05) is 22.6 Å². The van der Waals surface area contributed by atoms with E-state index in [1.807, 2.05) is 29.0 Å². The van der Waals surface area contributed by atoms with Gasteiger partial charge in [-0.2, -0.15) is 0 Å². The molecule has 1 saturated carbocycles. The number of anilines is 1. The summed E-state index contributed by atoms with van der Waals surface area (Å²) >= 11 is 3.61. The Bertz CT molecular complexity index is 807. The van der Waals surface area contributed by atoms with Gasteiger partial charge in [0.25, 0.3) is 0 Å². The molecule has 4 rings (SSSR count). The highest BCUT2D eigenvalue weighted by molar-refractivity contribution is 9.10. The van der Waals surface area contributed by atoms with Crippen LogP contribution in [0.4, 0.5) is 5.69 Å². The normalized spacial score (nSPS) is 20.1. The molecule has 26 heavy (non-hydrogen) atoms. The Labute approximate surface area is 161 Å². The molecule has 1 saturated heterocycles. The zero-order valence-corrected chi connectivity index (χ0v) is 16.4. The molecule has 1 aliphatic carbocycles. The number of amides is 1. The van der Waals surface area contributed by atoms with E-state index in [9.17, 15) is 9.90 Å². The minimum absolute atomic E-state index is 0.0591. The average Bonchev–Trinajstić information content (AvgIpc) is 2.94. The standard InChI is InChI=1S/C20H25BrN2O3/c21-15-7-4-8-17-18(15)16(11-23(17)9-10-24)22-19(25)20(12-26-13-20)14-5-2-1-3-6-14/h4,7-8,11,14,24H,1-3,5-6,9-10,12-13H2,(H,22,25). The first kappa shape index (κ1) is 18.0. The number of aromatic nitrogens is 1. The highest BCUT2D eigenvalue weighted by Crippen LogP contribution is 2.45. The molecular formula is C20H25BrN2O3. The van der Waals surface area contributed by atoms with Crippen molar-refractivity contribution in [3.63, 3.8) is 0 Å². The van der Waals surface area contributed by atoms with Crippen LogP contribution in [0.3, 0.4) is 0 Å². The van der Waals surface area contributed by atoms with E-state index in [-0.39, 0.29) is 17.9 Å². The van der Waals surface area contributed by atoms with Gasteiger partial charge in [-0.3, -0.25) is 4.79 Å². The van der Waals surface area contributed by atoms with Crippen molar-refractivity contribution in [2.75, 3.05) is 25.1 Å². The summed E-state index contributed by atoms with van der Waals surface area (Å²) in [4.78, 5) is 13.3. The Morgan fingerprint density at radius 1 is 1.31 bits per heavy atom. The molecule has 0 bridgehead atoms. The molecule has 140 valence electrons. The quantitative estimate of drug-likeness (QED) is 0.769. The fourth-order valence-corrected chi connectivity index (χ4v) is 5.04. The van der Waals surface area contributed by atoms with E-state index in [4.69, 9.17) is 4.74 Å². The number of hydrogen-bond donors (Lipinski definition) is 2. The third-order valence-electron chi connectivity index (χ3n) is 6.00. The lowest BCUT2D eigenvalue weighted by Gasteiger charge is -2.47. The van der Waals surface area contributed by atoms with Crippen LogP contribution in [-0.4, -0.2) is 35.4 Å². The van der Waals surface area contributed by atoms with Gasteiger partial charge in [0.05, 0.1) is 36.4 Å². The zero-order valence-electron chi connectivity index (χ0n) is 14.8. The number of nitrogens with one attached hydrogen (secondary N) is 1. The van der Waals surface area contributed by atoms with Gasteiger partial charge >= 0.3 is 0 Å². The first-order chi connectivity index (χ1) is 12.7. The van der Waals surface area contributed by atoms with Gasteiger partial charge in [0.1, 0.15) is 0 Å². The molecule has 2 N–H and O–H groups in total. The minimum atomic E-state index is -0.382. The fourth-order valence-electron chi connectivity index (χ4n) is 4.47. The van der Waals surface area contributed by atoms with Gasteiger partial charge in [0.2, 0.25) is 5.91 Å². The first-order valence-corrected chi connectivity index (χ1v) is 10.2. The van der Waals surface area contributed by atoms with Crippen molar-refractivity contribution >= 4 is 38.4 Å². The summed E-state index contributed by atoms with van der Waals surface area (Å²) in [5, 5.41) is 13.5. The van der Waals surface area contributed by atoms with Gasteiger partial charge in [0.15, 0.2) is 0 Å². The molecule has 2 aliphatic rings. The molecule has 6 heteroatoms. The topological polar surface area (TPSA) is 63.5 Å². The Balaban J connectivity index is 1.65. The predicted molar refractivity (Wildman–Crippen MR) is 105 cm³/mol. The van der Waals surface area contributed by atoms with Crippen LogP contribution in [0, 0.1) is 11.3 Å². The van der Waals surface area contributed by atoms with Crippen LogP contribution in [0.1, 0.15) is 32.1 Å². The number of aliphatic hydroxyl groups excluding tert-OH is 1. The van der Waals surface area contributed by atoms with Crippen molar-refractivity contribution in [2.45, 2.75) is 38.6 Å². The lowest BCUT2D eigenvalue weighted by atomic mass is 9.66. The molecule has 0 atom stereocenters. The van der Waals surface area contributed by atoms with Crippen molar-refractivity contribution < 1.29 is 14.6 Å². The Morgan fingerprint density at radius 2 is 2.08 bits per heavy atom. The highest BCUT2D eigenvalue weighted by Gasteiger charge is 2.51. The number of rotatable bonds is 5. The van der Waals surface area contributed by atoms with Crippen LogP contribution in [0.25, 0.3) is 10.9 Å². The minimum Gasteiger partial charge on any atom is -0.395 e. The van der Waals surface area contributed by atoms with Gasteiger partial charge < -0.3 is 19.7 Å². The molecule has 2 fully saturated rings. The summed E-state index contributed by atoms with van der Waals surface area (Å²) in [6.07, 6.45) is 7.86. The second kappa shape index (κ2) is 7.33. The van der Waals surface area contributed by atoms with Gasteiger partial charge in [-0.25, -0.2) is 0 Å². The third kappa shape index (κ3) is 2.98. The van der Waals surface area contributed by atoms with Crippen LogP contribution in [0.15, 0.2) is 28.9 Å². The van der Waals surface area contributed by atoms with E-state index < -0.39 is 0 Å². The van der Waals surface area contributed by atoms with Crippen LogP contribution in [-0.2, 0) is 16.1 Å². The smallest absolute Gasteiger partial charge is 0.235 e. The highest BCUT2D eigenvalue weighted by atomic mass is 79.9. The van der Waals surface area contributed by atoms with Crippen LogP contribution in [0.2, 0.25) is 0 Å². The second-order valence-electron chi connectivity index (χ2n) is 7.53. The molecule has 2 heterocycles. The summed E-state index contributed by atoms with van der Waals surface area (Å²) in [6, 6.07) is 5.95. The molecule has 0 spiro atoms. The van der Waals surface area contributed by atoms with E-state index in [2.05, 4.69) is 21.2 Å². The van der Waals surface area contributed by atoms with Crippen molar-refractivity contribution in [3.8, 4) is 0 Å². The number of aliphatic hydroxyl groups is 1. The molecule has 1 amide bonds. The predicted octanol–water partition coefficient (Wildman–Crippen LogP) is 3.93. The second-order valence-corrected chi connectivity index (χ2v) is 8.39. The molecule has 0 radical (unpaired) electrons. The van der Waals surface area contributed by atoms with E-state index in [0.29, 0.717) is 25.7 Å². The number of benzene rings is 1. The van der Waals surface area contributed by atoms with Crippen LogP contribution >= 0.6 is 15.9 Å². The van der Waals surface area contributed by atoms with Crippen LogP contribution < -0.4 is 5.32 Å². The lowest BCUT2D eigenvalue weighted by Crippen LogP contribution is -2.56. The molecule has 1 aromatic heterocycles. The summed E-state index contributed by atoms with van der Waals surface area (Å²) in [5.41, 5.74) is 1.42. The number of ether oxygens (including phenoxy) is 1. The molecule has 5 nitrogen and oxygen atoms in total. The molecular weight excluding hydrogens is 396 g/mol. The summed E-state index contributed by atoms with van der Waals surface area (Å²) < 4.78 is 8.43. The van der Waals surface area contributed by atoms with E-state index in [1.54, 1.807) is 0 Å². The molecule has 0 unspecified atom stereocenters. The summed E-state index contributed by atoms with van der Waals surface area (Å²) in [7, 11) is 0. The fraction of sp³-hybridized carbons (Fsp3) is 0.550. The monoisotopic (exact) mass is 420 g/mol. The zero-order chi connectivity index (χ0) is 18.1. The maximum Gasteiger partial charge on any atom is 0.235 e. The van der Waals surface area contributed by atoms with Crippen molar-refractivity contribution in [3.05, 3.63) is 28.9 Å². The number of halogens is 1. The molecule has 1 aliphatic heterocycles. The Morgan fingerprint density at radius 3 is 2.73 bits per heavy atom. The summed E-state index contributed by atoms with van der Waals surface area (Å²) in [6.45, 7) is 1.61. The number of fused-ring (bicyclic) bond motifs is 1. The number of carbonyl (C=O) groups excluding carboxylic acids is 1. The van der Waals surface area contributed by atoms with Gasteiger partial charge in [-0.1, -0.05) is 41.3 Å². The third-order valence-corrected chi connectivity index (χ3v) is 6.66. The Hall–Kier alpha value is -1.37. The van der Waals surface area contributed by atoms with Gasteiger partial charge in [-0.05, 0) is 30.9 Å². The maximum absolute atomic E-state index is 13.3. The Kier molecular flexibility index (Phi) is 5.08. The number of nitrogens with zero attached hydrogens (tertiary/aromatic N) is 1. The van der Waals surface area contributed by atoms with Crippen LogP contribution in [0.5, 0.6) is 0 Å². The SMILES string of the molecule is O=C(Nc1cn(CCO)c2cccc(Br)c12)C1(C2CCCCC2)COC1. The average molecular weight is 421 g/mol. The maximum atomic E-state index is 13.3. The van der Waals surface area contributed by atoms with Crippen molar-refractivity contribution in [2.24, 2.45) is 11.3 Å². The van der Waals surface area contributed by atoms with E-state index in [0.717, 1.165) is 33.9 Å². The first-order valence-electron chi connectivity index (χ1n) is 9.43. The van der Waals surface area contributed by atoms with Crippen molar-refractivity contribution in [1.82, 2.24) is 4.57 Å².